The van der Waals surface area contributed by atoms with Crippen molar-refractivity contribution in [1.29, 1.82) is 5.26 Å². The molecule has 0 aliphatic heterocycles. The average Bonchev–Trinajstić information content (AvgIpc) is 3.96. The van der Waals surface area contributed by atoms with Gasteiger partial charge in [-0.3, -0.25) is 0 Å². The summed E-state index contributed by atoms with van der Waals surface area (Å²) < 4.78 is 13.1. The van der Waals surface area contributed by atoms with E-state index in [2.05, 4.69) is 194 Å². The van der Waals surface area contributed by atoms with Crippen molar-refractivity contribution in [3.63, 3.8) is 0 Å². The smallest absolute Gasteiger partial charge is 0.230 e. The van der Waals surface area contributed by atoms with Gasteiger partial charge in [-0.05, 0) is 118 Å². The summed E-state index contributed by atoms with van der Waals surface area (Å²) in [5.41, 5.74) is 14.0. The van der Waals surface area contributed by atoms with E-state index in [9.17, 15) is 11.8 Å². The first-order chi connectivity index (χ1) is 34.1. The minimum atomic E-state index is -0.446. The van der Waals surface area contributed by atoms with Gasteiger partial charge in [0.1, 0.15) is 22.3 Å². The SMILES string of the molecule is [C-]#[N+]c1c(C#N)c(N(c2ccc(-c3ccccc3)cc2)c2ccc3c(c2)oc2ccccc23)c2c(c1N(c1ccc(-c3ccccc3)cc1)c1ccc3c(c1)oc1ccccc13)C(C)(C)CCC2(C)C. The Morgan fingerprint density at radius 3 is 1.26 bits per heavy atom. The van der Waals surface area contributed by atoms with Crippen LogP contribution in [0.2, 0.25) is 0 Å². The van der Waals surface area contributed by atoms with Crippen molar-refractivity contribution in [2.24, 2.45) is 0 Å². The maximum absolute atomic E-state index is 11.9. The van der Waals surface area contributed by atoms with Crippen molar-refractivity contribution >= 4 is 83.7 Å². The van der Waals surface area contributed by atoms with Gasteiger partial charge in [0.15, 0.2) is 0 Å². The summed E-state index contributed by atoms with van der Waals surface area (Å²) in [5, 5.41) is 16.0. The normalized spacial score (nSPS) is 13.8. The zero-order chi connectivity index (χ0) is 47.7. The van der Waals surface area contributed by atoms with Crippen molar-refractivity contribution < 1.29 is 8.83 Å². The van der Waals surface area contributed by atoms with Crippen molar-refractivity contribution in [3.8, 4) is 28.3 Å². The number of nitriles is 1. The van der Waals surface area contributed by atoms with Gasteiger partial charge in [-0.15, -0.1) is 0 Å². The van der Waals surface area contributed by atoms with Crippen molar-refractivity contribution in [2.75, 3.05) is 9.80 Å². The van der Waals surface area contributed by atoms with Gasteiger partial charge in [0.2, 0.25) is 5.69 Å². The molecule has 1 aliphatic rings. The fraction of sp³-hybridized carbons (Fsp3) is 0.125. The number of furan rings is 2. The molecule has 9 aromatic carbocycles. The van der Waals surface area contributed by atoms with Crippen LogP contribution in [0.5, 0.6) is 0 Å². The molecule has 2 heterocycles. The van der Waals surface area contributed by atoms with Gasteiger partial charge in [-0.2, -0.15) is 5.26 Å². The van der Waals surface area contributed by atoms with Crippen LogP contribution in [0.4, 0.5) is 39.8 Å². The van der Waals surface area contributed by atoms with E-state index in [0.29, 0.717) is 16.9 Å². The van der Waals surface area contributed by atoms with Gasteiger partial charge in [0.05, 0.1) is 29.6 Å². The molecule has 12 rings (SSSR count). The highest BCUT2D eigenvalue weighted by Crippen LogP contribution is 2.61. The summed E-state index contributed by atoms with van der Waals surface area (Å²) in [6, 6.07) is 69.4. The average molecular weight is 905 g/mol. The van der Waals surface area contributed by atoms with Crippen LogP contribution in [0.1, 0.15) is 57.2 Å². The Bertz CT molecular complexity index is 3650. The monoisotopic (exact) mass is 904 g/mol. The highest BCUT2D eigenvalue weighted by Gasteiger charge is 2.46. The fourth-order valence-electron chi connectivity index (χ4n) is 10.9. The van der Waals surface area contributed by atoms with Gasteiger partial charge in [0, 0.05) is 56.4 Å². The van der Waals surface area contributed by atoms with Crippen LogP contribution < -0.4 is 9.80 Å². The molecule has 0 bridgehead atoms. The molecule has 0 spiro atoms. The minimum Gasteiger partial charge on any atom is -0.456 e. The fourth-order valence-corrected chi connectivity index (χ4v) is 10.9. The zero-order valence-corrected chi connectivity index (χ0v) is 39.5. The Morgan fingerprint density at radius 1 is 0.443 bits per heavy atom. The van der Waals surface area contributed by atoms with Crippen LogP contribution >= 0.6 is 0 Å². The Kier molecular flexibility index (Phi) is 9.99. The van der Waals surface area contributed by atoms with E-state index in [-0.39, 0.29) is 5.69 Å². The number of rotatable bonds is 8. The Morgan fingerprint density at radius 2 is 0.814 bits per heavy atom. The summed E-state index contributed by atoms with van der Waals surface area (Å²) in [7, 11) is 0. The summed E-state index contributed by atoms with van der Waals surface area (Å²) in [6.45, 7) is 18.5. The van der Waals surface area contributed by atoms with Crippen LogP contribution in [0.15, 0.2) is 203 Å². The van der Waals surface area contributed by atoms with Gasteiger partial charge in [0.25, 0.3) is 0 Å². The Balaban J connectivity index is 1.17. The molecular formula is C64H48N4O2. The number of benzene rings is 9. The van der Waals surface area contributed by atoms with Crippen LogP contribution in [0.25, 0.3) is 71.0 Å². The molecule has 6 nitrogen and oxygen atoms in total. The van der Waals surface area contributed by atoms with E-state index < -0.39 is 10.8 Å². The quantitative estimate of drug-likeness (QED) is 0.142. The van der Waals surface area contributed by atoms with E-state index in [1.165, 1.54) is 0 Å². The largest absolute Gasteiger partial charge is 0.456 e. The second-order valence-electron chi connectivity index (χ2n) is 19.7. The molecule has 0 fully saturated rings. The predicted octanol–water partition coefficient (Wildman–Crippen LogP) is 18.5. The number of para-hydroxylation sites is 2. The van der Waals surface area contributed by atoms with E-state index in [1.54, 1.807) is 0 Å². The summed E-state index contributed by atoms with van der Waals surface area (Å²) >= 11 is 0. The number of fused-ring (bicyclic) bond motifs is 7. The second kappa shape index (κ2) is 16.4. The molecule has 0 atom stereocenters. The molecule has 70 heavy (non-hydrogen) atoms. The molecule has 6 heteroatoms. The molecular weight excluding hydrogens is 857 g/mol. The molecule has 1 aliphatic carbocycles. The first-order valence-electron chi connectivity index (χ1n) is 23.9. The number of hydrogen-bond donors (Lipinski definition) is 0. The Hall–Kier alpha value is -8.84. The number of hydrogen-bond acceptors (Lipinski definition) is 5. The molecule has 2 aromatic heterocycles. The standard InChI is InChI=1S/C64H48N4O2/c1-63(2)36-37-64(3,4)59-58(63)61(67(45-28-24-43(25-29-45)41-16-8-6-9-17-41)47-32-34-51-49-20-12-14-22-54(49)69-56(51)38-47)53(40-65)60(66-5)62(59)68(46-30-26-44(27-31-46)42-18-10-7-11-19-42)48-33-35-52-50-21-13-15-23-55(50)70-57(52)39-48/h6-35,38-39H,36-37H2,1-4H3. The van der Waals surface area contributed by atoms with Gasteiger partial charge in [-0.25, -0.2) is 4.85 Å². The number of anilines is 6. The highest BCUT2D eigenvalue weighted by atomic mass is 16.3. The second-order valence-corrected chi connectivity index (χ2v) is 19.7. The lowest BCUT2D eigenvalue weighted by Gasteiger charge is -2.48. The maximum atomic E-state index is 11.9. The summed E-state index contributed by atoms with van der Waals surface area (Å²) in [5.74, 6) is 0. The summed E-state index contributed by atoms with van der Waals surface area (Å²) in [4.78, 5) is 8.89. The predicted molar refractivity (Wildman–Crippen MR) is 287 cm³/mol. The Labute approximate surface area is 407 Å². The lowest BCUT2D eigenvalue weighted by Crippen LogP contribution is -2.37. The highest BCUT2D eigenvalue weighted by molar-refractivity contribution is 6.08. The molecule has 0 saturated heterocycles. The molecule has 0 radical (unpaired) electrons. The third-order valence-corrected chi connectivity index (χ3v) is 14.5. The molecule has 336 valence electrons. The minimum absolute atomic E-state index is 0.287. The molecule has 0 unspecified atom stereocenters. The molecule has 0 N–H and O–H groups in total. The van der Waals surface area contributed by atoms with Crippen molar-refractivity contribution in [1.82, 2.24) is 0 Å². The first kappa shape index (κ1) is 42.5. The summed E-state index contributed by atoms with van der Waals surface area (Å²) in [6.07, 6.45) is 1.73. The topological polar surface area (TPSA) is 60.9 Å². The van der Waals surface area contributed by atoms with Crippen molar-refractivity contribution in [3.05, 3.63) is 222 Å². The molecule has 11 aromatic rings. The van der Waals surface area contributed by atoms with E-state index in [4.69, 9.17) is 8.83 Å². The lowest BCUT2D eigenvalue weighted by molar-refractivity contribution is 0.333. The van der Waals surface area contributed by atoms with E-state index in [0.717, 1.165) is 113 Å². The third-order valence-electron chi connectivity index (χ3n) is 14.5. The van der Waals surface area contributed by atoms with E-state index in [1.807, 2.05) is 48.5 Å². The number of nitrogens with zero attached hydrogens (tertiary/aromatic N) is 4. The first-order valence-corrected chi connectivity index (χ1v) is 23.9. The van der Waals surface area contributed by atoms with Gasteiger partial charge in [-0.1, -0.05) is 149 Å². The lowest BCUT2D eigenvalue weighted by atomic mass is 9.61. The van der Waals surface area contributed by atoms with Gasteiger partial charge >= 0.3 is 0 Å². The molecule has 0 saturated carbocycles. The van der Waals surface area contributed by atoms with Crippen LogP contribution in [0, 0.1) is 17.9 Å². The third kappa shape index (κ3) is 6.91. The molecule has 0 amide bonds. The van der Waals surface area contributed by atoms with Crippen LogP contribution in [0.3, 0.4) is 0 Å². The zero-order valence-electron chi connectivity index (χ0n) is 39.5. The van der Waals surface area contributed by atoms with Crippen LogP contribution in [-0.4, -0.2) is 0 Å². The maximum Gasteiger partial charge on any atom is 0.230 e. The van der Waals surface area contributed by atoms with Crippen LogP contribution in [-0.2, 0) is 10.8 Å². The van der Waals surface area contributed by atoms with Crippen molar-refractivity contribution in [2.45, 2.75) is 51.4 Å². The van der Waals surface area contributed by atoms with E-state index >= 15 is 0 Å². The van der Waals surface area contributed by atoms with Gasteiger partial charge < -0.3 is 18.6 Å².